The van der Waals surface area contributed by atoms with E-state index in [0.29, 0.717) is 0 Å². The molecule has 2 rings (SSSR count). The van der Waals surface area contributed by atoms with Crippen molar-refractivity contribution >= 4 is 35.6 Å². The lowest BCUT2D eigenvalue weighted by Gasteiger charge is -2.28. The fraction of sp³-hybridized carbons (Fsp3) is 0.667. The number of guanidine groups is 1. The normalized spacial score (nSPS) is 15.2. The SMILES string of the molecule is CCN(CCNC(=NC)N(C)CCC1CCOCC1)c1cccc(C)c1.I. The van der Waals surface area contributed by atoms with E-state index in [-0.39, 0.29) is 24.0 Å². The molecule has 154 valence electrons. The van der Waals surface area contributed by atoms with Crippen molar-refractivity contribution in [1.82, 2.24) is 10.2 Å². The molecule has 1 heterocycles. The lowest BCUT2D eigenvalue weighted by atomic mass is 9.96. The molecular formula is C21H37IN4O. The van der Waals surface area contributed by atoms with Crippen molar-refractivity contribution in [2.45, 2.75) is 33.1 Å². The van der Waals surface area contributed by atoms with Crippen LogP contribution in [0.2, 0.25) is 0 Å². The van der Waals surface area contributed by atoms with E-state index in [1.165, 1.54) is 30.5 Å². The van der Waals surface area contributed by atoms with Crippen LogP contribution in [0, 0.1) is 12.8 Å². The van der Waals surface area contributed by atoms with Gasteiger partial charge in [0, 0.05) is 59.2 Å². The zero-order valence-electron chi connectivity index (χ0n) is 17.4. The van der Waals surface area contributed by atoms with E-state index >= 15 is 0 Å². The van der Waals surface area contributed by atoms with Gasteiger partial charge in [0.15, 0.2) is 5.96 Å². The van der Waals surface area contributed by atoms with Crippen LogP contribution in [-0.2, 0) is 4.74 Å². The highest BCUT2D eigenvalue weighted by Crippen LogP contribution is 2.18. The van der Waals surface area contributed by atoms with Crippen molar-refractivity contribution in [1.29, 1.82) is 0 Å². The summed E-state index contributed by atoms with van der Waals surface area (Å²) in [5.41, 5.74) is 2.59. The maximum atomic E-state index is 5.45. The minimum Gasteiger partial charge on any atom is -0.381 e. The van der Waals surface area contributed by atoms with Gasteiger partial charge in [-0.15, -0.1) is 24.0 Å². The monoisotopic (exact) mass is 488 g/mol. The Hall–Kier alpha value is -1.02. The van der Waals surface area contributed by atoms with E-state index in [1.807, 2.05) is 7.05 Å². The highest BCUT2D eigenvalue weighted by Gasteiger charge is 2.15. The number of nitrogens with zero attached hydrogens (tertiary/aromatic N) is 3. The average molecular weight is 488 g/mol. The highest BCUT2D eigenvalue weighted by molar-refractivity contribution is 14.0. The summed E-state index contributed by atoms with van der Waals surface area (Å²) in [7, 11) is 4.00. The van der Waals surface area contributed by atoms with Gasteiger partial charge in [-0.3, -0.25) is 4.99 Å². The molecule has 0 unspecified atom stereocenters. The number of halogens is 1. The molecular weight excluding hydrogens is 451 g/mol. The molecule has 1 aromatic rings. The molecule has 0 radical (unpaired) electrons. The van der Waals surface area contributed by atoms with E-state index in [0.717, 1.165) is 51.3 Å². The molecule has 0 saturated carbocycles. The van der Waals surface area contributed by atoms with Crippen molar-refractivity contribution in [3.63, 3.8) is 0 Å². The van der Waals surface area contributed by atoms with Crippen molar-refractivity contribution in [2.75, 3.05) is 58.4 Å². The van der Waals surface area contributed by atoms with Gasteiger partial charge in [0.1, 0.15) is 0 Å². The maximum Gasteiger partial charge on any atom is 0.193 e. The quantitative estimate of drug-likeness (QED) is 0.344. The maximum absolute atomic E-state index is 5.45. The van der Waals surface area contributed by atoms with Crippen molar-refractivity contribution < 1.29 is 4.74 Å². The molecule has 1 N–H and O–H groups in total. The number of benzene rings is 1. The Morgan fingerprint density at radius 3 is 2.63 bits per heavy atom. The molecule has 0 atom stereocenters. The molecule has 1 aliphatic rings. The van der Waals surface area contributed by atoms with E-state index in [4.69, 9.17) is 4.74 Å². The van der Waals surface area contributed by atoms with Crippen LogP contribution >= 0.6 is 24.0 Å². The van der Waals surface area contributed by atoms with Crippen molar-refractivity contribution in [2.24, 2.45) is 10.9 Å². The summed E-state index contributed by atoms with van der Waals surface area (Å²) in [5.74, 6) is 1.78. The Morgan fingerprint density at radius 1 is 1.26 bits per heavy atom. The summed E-state index contributed by atoms with van der Waals surface area (Å²) in [6.45, 7) is 10.1. The van der Waals surface area contributed by atoms with Crippen LogP contribution in [0.3, 0.4) is 0 Å². The van der Waals surface area contributed by atoms with Crippen LogP contribution in [-0.4, -0.2) is 64.3 Å². The van der Waals surface area contributed by atoms with Crippen molar-refractivity contribution in [3.8, 4) is 0 Å². The lowest BCUT2D eigenvalue weighted by molar-refractivity contribution is 0.0625. The standard InChI is InChI=1S/C21H36N4O.HI/c1-5-25(20-8-6-7-18(2)17-20)14-12-23-21(22-3)24(4)13-9-19-10-15-26-16-11-19;/h6-8,17,19H,5,9-16H2,1-4H3,(H,22,23);1H. The molecule has 5 nitrogen and oxygen atoms in total. The third-order valence-corrected chi connectivity index (χ3v) is 5.20. The first-order chi connectivity index (χ1) is 12.6. The number of hydrogen-bond donors (Lipinski definition) is 1. The number of hydrogen-bond acceptors (Lipinski definition) is 3. The minimum absolute atomic E-state index is 0. The van der Waals surface area contributed by atoms with Gasteiger partial charge in [0.05, 0.1) is 0 Å². The molecule has 1 aliphatic heterocycles. The Bertz CT molecular complexity index is 561. The smallest absolute Gasteiger partial charge is 0.193 e. The number of aliphatic imine (C=N–C) groups is 1. The molecule has 0 spiro atoms. The van der Waals surface area contributed by atoms with Gasteiger partial charge in [-0.2, -0.15) is 0 Å². The van der Waals surface area contributed by atoms with Crippen LogP contribution in [0.15, 0.2) is 29.3 Å². The lowest BCUT2D eigenvalue weighted by Crippen LogP contribution is -2.43. The number of anilines is 1. The van der Waals surface area contributed by atoms with Gasteiger partial charge < -0.3 is 19.9 Å². The number of aryl methyl sites for hydroxylation is 1. The number of nitrogens with one attached hydrogen (secondary N) is 1. The van der Waals surface area contributed by atoms with Gasteiger partial charge >= 0.3 is 0 Å². The second-order valence-electron chi connectivity index (χ2n) is 7.16. The fourth-order valence-corrected chi connectivity index (χ4v) is 3.50. The van der Waals surface area contributed by atoms with Crippen LogP contribution in [0.25, 0.3) is 0 Å². The molecule has 6 heteroatoms. The molecule has 27 heavy (non-hydrogen) atoms. The third kappa shape index (κ3) is 8.25. The predicted molar refractivity (Wildman–Crippen MR) is 127 cm³/mol. The fourth-order valence-electron chi connectivity index (χ4n) is 3.50. The summed E-state index contributed by atoms with van der Waals surface area (Å²) < 4.78 is 5.45. The molecule has 0 amide bonds. The van der Waals surface area contributed by atoms with Crippen LogP contribution in [0.1, 0.15) is 31.7 Å². The summed E-state index contributed by atoms with van der Waals surface area (Å²) in [4.78, 5) is 9.10. The second-order valence-corrected chi connectivity index (χ2v) is 7.16. The topological polar surface area (TPSA) is 40.1 Å². The van der Waals surface area contributed by atoms with Gasteiger partial charge in [0.25, 0.3) is 0 Å². The molecule has 0 aliphatic carbocycles. The molecule has 1 aromatic carbocycles. The average Bonchev–Trinajstić information content (AvgIpc) is 2.67. The number of likely N-dealkylation sites (N-methyl/N-ethyl adjacent to an activating group) is 1. The van der Waals surface area contributed by atoms with Crippen LogP contribution < -0.4 is 10.2 Å². The molecule has 1 saturated heterocycles. The largest absolute Gasteiger partial charge is 0.381 e. The summed E-state index contributed by atoms with van der Waals surface area (Å²) in [6.07, 6.45) is 3.61. The summed E-state index contributed by atoms with van der Waals surface area (Å²) >= 11 is 0. The van der Waals surface area contributed by atoms with E-state index in [1.54, 1.807) is 0 Å². The molecule has 1 fully saturated rings. The predicted octanol–water partition coefficient (Wildman–Crippen LogP) is 3.76. The van der Waals surface area contributed by atoms with Gasteiger partial charge in [-0.05, 0) is 56.7 Å². The van der Waals surface area contributed by atoms with Gasteiger partial charge in [-0.1, -0.05) is 12.1 Å². The Balaban J connectivity index is 0.00000364. The highest BCUT2D eigenvalue weighted by atomic mass is 127. The van der Waals surface area contributed by atoms with E-state index in [2.05, 4.69) is 65.3 Å². The first-order valence-corrected chi connectivity index (χ1v) is 9.95. The number of rotatable bonds is 8. The van der Waals surface area contributed by atoms with Gasteiger partial charge in [-0.25, -0.2) is 0 Å². The first-order valence-electron chi connectivity index (χ1n) is 9.95. The van der Waals surface area contributed by atoms with E-state index in [9.17, 15) is 0 Å². The molecule has 0 aromatic heterocycles. The number of ether oxygens (including phenoxy) is 1. The molecule has 0 bridgehead atoms. The van der Waals surface area contributed by atoms with Crippen LogP contribution in [0.4, 0.5) is 5.69 Å². The van der Waals surface area contributed by atoms with E-state index < -0.39 is 0 Å². The summed E-state index contributed by atoms with van der Waals surface area (Å²) in [6, 6.07) is 8.71. The Morgan fingerprint density at radius 2 is 2.00 bits per heavy atom. The van der Waals surface area contributed by atoms with Gasteiger partial charge in [0.2, 0.25) is 0 Å². The summed E-state index contributed by atoms with van der Waals surface area (Å²) in [5, 5.41) is 3.52. The zero-order chi connectivity index (χ0) is 18.8. The second kappa shape index (κ2) is 13.2. The Kier molecular flexibility index (Phi) is 11.7. The zero-order valence-corrected chi connectivity index (χ0v) is 19.7. The minimum atomic E-state index is 0. The van der Waals surface area contributed by atoms with Crippen LogP contribution in [0.5, 0.6) is 0 Å². The Labute approximate surface area is 182 Å². The van der Waals surface area contributed by atoms with Crippen molar-refractivity contribution in [3.05, 3.63) is 29.8 Å². The third-order valence-electron chi connectivity index (χ3n) is 5.20. The first kappa shape index (κ1) is 24.0.